The molecule has 0 bridgehead atoms. The third kappa shape index (κ3) is 2.94. The van der Waals surface area contributed by atoms with Crippen LogP contribution in [0.25, 0.3) is 0 Å². The monoisotopic (exact) mass is 169 g/mol. The molecule has 0 aromatic heterocycles. The Balaban J connectivity index is 2.41. The van der Waals surface area contributed by atoms with E-state index in [9.17, 15) is 4.79 Å². The molecule has 0 radical (unpaired) electrons. The summed E-state index contributed by atoms with van der Waals surface area (Å²) in [6.07, 6.45) is 5.18. The van der Waals surface area contributed by atoms with Gasteiger partial charge >= 0.3 is 0 Å². The molecule has 1 fully saturated rings. The van der Waals surface area contributed by atoms with Gasteiger partial charge in [-0.05, 0) is 33.2 Å². The average molecular weight is 169 g/mol. The molecule has 1 unspecified atom stereocenters. The topological polar surface area (TPSA) is 20.3 Å². The minimum atomic E-state index is 0.295. The Hall–Kier alpha value is -0.370. The van der Waals surface area contributed by atoms with Crippen LogP contribution < -0.4 is 0 Å². The van der Waals surface area contributed by atoms with Crippen molar-refractivity contribution in [2.75, 3.05) is 13.1 Å². The van der Waals surface area contributed by atoms with Crippen LogP contribution in [0.4, 0.5) is 0 Å². The number of carbonyl (C=O) groups is 1. The van der Waals surface area contributed by atoms with Crippen molar-refractivity contribution >= 4 is 5.78 Å². The molecule has 0 N–H and O–H groups in total. The minimum Gasteiger partial charge on any atom is -0.299 e. The molecule has 12 heavy (non-hydrogen) atoms. The zero-order chi connectivity index (χ0) is 8.97. The van der Waals surface area contributed by atoms with Crippen molar-refractivity contribution in [3.63, 3.8) is 0 Å². The fourth-order valence-corrected chi connectivity index (χ4v) is 1.86. The fraction of sp³-hybridized carbons (Fsp3) is 0.900. The molecule has 0 aromatic rings. The van der Waals surface area contributed by atoms with Crippen LogP contribution in [0, 0.1) is 0 Å². The number of likely N-dealkylation sites (tertiary alicyclic amines) is 1. The summed E-state index contributed by atoms with van der Waals surface area (Å²) >= 11 is 0. The number of rotatable bonds is 2. The molecule has 1 rings (SSSR count). The number of carbonyl (C=O) groups excluding carboxylic acids is 1. The van der Waals surface area contributed by atoms with Crippen molar-refractivity contribution in [1.29, 1.82) is 0 Å². The highest BCUT2D eigenvalue weighted by molar-refractivity contribution is 5.77. The molecule has 0 spiro atoms. The van der Waals surface area contributed by atoms with Gasteiger partial charge in [0.2, 0.25) is 0 Å². The molecule has 0 aliphatic carbocycles. The predicted octanol–water partition coefficient (Wildman–Crippen LogP) is 1.84. The number of hydrogen-bond acceptors (Lipinski definition) is 2. The van der Waals surface area contributed by atoms with Crippen molar-refractivity contribution in [2.24, 2.45) is 0 Å². The standard InChI is InChI=1S/C10H19NO/c1-9-6-4-3-5-7-11(9)8-10(2)12/h9H,3-8H2,1-2H3. The molecule has 2 heteroatoms. The maximum atomic E-state index is 10.9. The van der Waals surface area contributed by atoms with Crippen molar-refractivity contribution < 1.29 is 4.79 Å². The second-order valence-electron chi connectivity index (χ2n) is 3.87. The highest BCUT2D eigenvalue weighted by Crippen LogP contribution is 2.15. The van der Waals surface area contributed by atoms with Gasteiger partial charge in [0.1, 0.15) is 5.78 Å². The van der Waals surface area contributed by atoms with E-state index in [2.05, 4.69) is 11.8 Å². The molecule has 1 aliphatic rings. The number of hydrogen-bond donors (Lipinski definition) is 0. The zero-order valence-corrected chi connectivity index (χ0v) is 8.18. The van der Waals surface area contributed by atoms with Crippen LogP contribution in [0.3, 0.4) is 0 Å². The normalized spacial score (nSPS) is 26.7. The highest BCUT2D eigenvalue weighted by Gasteiger charge is 2.17. The third-order valence-corrected chi connectivity index (χ3v) is 2.62. The van der Waals surface area contributed by atoms with Crippen LogP contribution in [0.2, 0.25) is 0 Å². The van der Waals surface area contributed by atoms with E-state index >= 15 is 0 Å². The lowest BCUT2D eigenvalue weighted by Crippen LogP contribution is -2.36. The Morgan fingerprint density at radius 2 is 2.17 bits per heavy atom. The van der Waals surface area contributed by atoms with Gasteiger partial charge in [0.25, 0.3) is 0 Å². The summed E-state index contributed by atoms with van der Waals surface area (Å²) in [6, 6.07) is 0.608. The molecule has 1 saturated heterocycles. The molecule has 1 aliphatic heterocycles. The van der Waals surface area contributed by atoms with Crippen LogP contribution in [0.5, 0.6) is 0 Å². The predicted molar refractivity (Wildman–Crippen MR) is 50.2 cm³/mol. The first-order valence-corrected chi connectivity index (χ1v) is 4.93. The molecular weight excluding hydrogens is 150 g/mol. The molecule has 70 valence electrons. The lowest BCUT2D eigenvalue weighted by atomic mass is 10.1. The molecule has 1 atom stereocenters. The Labute approximate surface area is 74.9 Å². The Bertz CT molecular complexity index is 156. The highest BCUT2D eigenvalue weighted by atomic mass is 16.1. The van der Waals surface area contributed by atoms with Crippen molar-refractivity contribution in [1.82, 2.24) is 4.90 Å². The van der Waals surface area contributed by atoms with Crippen molar-refractivity contribution in [3.8, 4) is 0 Å². The van der Waals surface area contributed by atoms with Gasteiger partial charge in [-0.3, -0.25) is 9.69 Å². The molecule has 0 saturated carbocycles. The number of nitrogens with zero attached hydrogens (tertiary/aromatic N) is 1. The van der Waals surface area contributed by atoms with E-state index in [1.54, 1.807) is 6.92 Å². The van der Waals surface area contributed by atoms with E-state index in [4.69, 9.17) is 0 Å². The van der Waals surface area contributed by atoms with Crippen LogP contribution in [-0.4, -0.2) is 29.8 Å². The second kappa shape index (κ2) is 4.61. The van der Waals surface area contributed by atoms with Gasteiger partial charge in [-0.1, -0.05) is 12.8 Å². The summed E-state index contributed by atoms with van der Waals surface area (Å²) in [5.74, 6) is 0.295. The fourth-order valence-electron chi connectivity index (χ4n) is 1.86. The molecule has 1 heterocycles. The SMILES string of the molecule is CC(=O)CN1CCCCCC1C. The van der Waals surface area contributed by atoms with Gasteiger partial charge in [-0.15, -0.1) is 0 Å². The average Bonchev–Trinajstić information content (AvgIpc) is 2.16. The van der Waals surface area contributed by atoms with Crippen LogP contribution in [0.15, 0.2) is 0 Å². The smallest absolute Gasteiger partial charge is 0.143 e. The largest absolute Gasteiger partial charge is 0.299 e. The van der Waals surface area contributed by atoms with Gasteiger partial charge in [-0.2, -0.15) is 0 Å². The maximum absolute atomic E-state index is 10.9. The minimum absolute atomic E-state index is 0.295. The van der Waals surface area contributed by atoms with E-state index in [0.29, 0.717) is 18.4 Å². The van der Waals surface area contributed by atoms with E-state index < -0.39 is 0 Å². The van der Waals surface area contributed by atoms with Gasteiger partial charge in [-0.25, -0.2) is 0 Å². The van der Waals surface area contributed by atoms with Gasteiger partial charge in [0, 0.05) is 6.04 Å². The summed E-state index contributed by atoms with van der Waals surface area (Å²) in [4.78, 5) is 13.2. The van der Waals surface area contributed by atoms with Gasteiger partial charge < -0.3 is 0 Å². The molecule has 0 aromatic carbocycles. The molecular formula is C10H19NO. The second-order valence-corrected chi connectivity index (χ2v) is 3.87. The van der Waals surface area contributed by atoms with Crippen LogP contribution >= 0.6 is 0 Å². The van der Waals surface area contributed by atoms with E-state index in [1.165, 1.54) is 25.7 Å². The van der Waals surface area contributed by atoms with Gasteiger partial charge in [0.15, 0.2) is 0 Å². The van der Waals surface area contributed by atoms with E-state index in [1.807, 2.05) is 0 Å². The number of ketones is 1. The Morgan fingerprint density at radius 1 is 1.42 bits per heavy atom. The summed E-state index contributed by atoms with van der Waals surface area (Å²) in [6.45, 7) is 5.67. The van der Waals surface area contributed by atoms with Gasteiger partial charge in [0.05, 0.1) is 6.54 Å². The van der Waals surface area contributed by atoms with Crippen LogP contribution in [-0.2, 0) is 4.79 Å². The number of Topliss-reactive ketones (excluding diaryl/α,β-unsaturated/α-hetero) is 1. The Kier molecular flexibility index (Phi) is 3.73. The first kappa shape index (κ1) is 9.72. The van der Waals surface area contributed by atoms with Crippen molar-refractivity contribution in [2.45, 2.75) is 45.6 Å². The quantitative estimate of drug-likeness (QED) is 0.628. The van der Waals surface area contributed by atoms with Crippen molar-refractivity contribution in [3.05, 3.63) is 0 Å². The molecule has 2 nitrogen and oxygen atoms in total. The lowest BCUT2D eigenvalue weighted by molar-refractivity contribution is -0.118. The van der Waals surface area contributed by atoms with E-state index in [0.717, 1.165) is 6.54 Å². The summed E-state index contributed by atoms with van der Waals surface area (Å²) in [7, 11) is 0. The maximum Gasteiger partial charge on any atom is 0.143 e. The summed E-state index contributed by atoms with van der Waals surface area (Å²) < 4.78 is 0. The Morgan fingerprint density at radius 3 is 2.83 bits per heavy atom. The first-order chi connectivity index (χ1) is 5.70. The summed E-state index contributed by atoms with van der Waals surface area (Å²) in [5.41, 5.74) is 0. The zero-order valence-electron chi connectivity index (χ0n) is 8.18. The van der Waals surface area contributed by atoms with Crippen LogP contribution in [0.1, 0.15) is 39.5 Å². The summed E-state index contributed by atoms with van der Waals surface area (Å²) in [5, 5.41) is 0. The lowest BCUT2D eigenvalue weighted by Gasteiger charge is -2.25. The third-order valence-electron chi connectivity index (χ3n) is 2.62. The van der Waals surface area contributed by atoms with E-state index in [-0.39, 0.29) is 0 Å². The first-order valence-electron chi connectivity index (χ1n) is 4.93. The molecule has 0 amide bonds.